The van der Waals surface area contributed by atoms with Crippen LogP contribution in [0.15, 0.2) is 11.1 Å². The number of fused-ring (bicyclic) bond motifs is 1. The standard InChI is InChI=1S/C14H21N5O3/c1-4-5-6-7-10(2)8-22-13(20)11-12-16-17-18(3)14(21)19(12)9-15-11/h9-10H,4-8H2,1-3H3. The molecule has 1 atom stereocenters. The second-order valence-electron chi connectivity index (χ2n) is 5.48. The van der Waals surface area contributed by atoms with Crippen molar-refractivity contribution in [3.8, 4) is 0 Å². The lowest BCUT2D eigenvalue weighted by Gasteiger charge is -2.10. The van der Waals surface area contributed by atoms with Crippen molar-refractivity contribution >= 4 is 11.6 Å². The van der Waals surface area contributed by atoms with Crippen molar-refractivity contribution in [3.63, 3.8) is 0 Å². The fourth-order valence-electron chi connectivity index (χ4n) is 2.14. The van der Waals surface area contributed by atoms with Gasteiger partial charge in [0.25, 0.3) is 0 Å². The fourth-order valence-corrected chi connectivity index (χ4v) is 2.14. The van der Waals surface area contributed by atoms with Crippen molar-refractivity contribution < 1.29 is 9.53 Å². The van der Waals surface area contributed by atoms with Gasteiger partial charge >= 0.3 is 11.7 Å². The molecule has 120 valence electrons. The molecule has 2 rings (SSSR count). The minimum absolute atomic E-state index is 0.0194. The number of esters is 1. The molecule has 0 bridgehead atoms. The van der Waals surface area contributed by atoms with Crippen LogP contribution < -0.4 is 5.69 Å². The number of nitrogens with zero attached hydrogens (tertiary/aromatic N) is 5. The Bertz CT molecular complexity index is 706. The SMILES string of the molecule is CCCCCC(C)COC(=O)c1ncn2c(=O)n(C)nnc12. The van der Waals surface area contributed by atoms with Gasteiger partial charge in [-0.05, 0) is 12.3 Å². The predicted molar refractivity (Wildman–Crippen MR) is 79.6 cm³/mol. The quantitative estimate of drug-likeness (QED) is 0.564. The molecule has 0 saturated heterocycles. The number of carbonyl (C=O) groups excluding carboxylic acids is 1. The summed E-state index contributed by atoms with van der Waals surface area (Å²) >= 11 is 0. The van der Waals surface area contributed by atoms with Crippen molar-refractivity contribution in [2.45, 2.75) is 39.5 Å². The molecule has 0 radical (unpaired) electrons. The molecule has 8 heteroatoms. The number of hydrogen-bond donors (Lipinski definition) is 0. The van der Waals surface area contributed by atoms with Gasteiger partial charge in [0.2, 0.25) is 0 Å². The van der Waals surface area contributed by atoms with Crippen LogP contribution in [0.25, 0.3) is 5.65 Å². The lowest BCUT2D eigenvalue weighted by molar-refractivity contribution is 0.0438. The van der Waals surface area contributed by atoms with E-state index in [0.29, 0.717) is 12.5 Å². The van der Waals surface area contributed by atoms with Gasteiger partial charge in [-0.1, -0.05) is 38.3 Å². The second kappa shape index (κ2) is 7.15. The van der Waals surface area contributed by atoms with E-state index >= 15 is 0 Å². The van der Waals surface area contributed by atoms with Crippen LogP contribution in [0, 0.1) is 5.92 Å². The van der Waals surface area contributed by atoms with Gasteiger partial charge in [0.1, 0.15) is 6.33 Å². The van der Waals surface area contributed by atoms with Gasteiger partial charge in [-0.15, -0.1) is 5.10 Å². The molecule has 0 amide bonds. The molecular formula is C14H21N5O3. The third kappa shape index (κ3) is 3.49. The molecule has 8 nitrogen and oxygen atoms in total. The Morgan fingerprint density at radius 3 is 2.91 bits per heavy atom. The van der Waals surface area contributed by atoms with Crippen molar-refractivity contribution in [2.75, 3.05) is 6.61 Å². The minimum atomic E-state index is -0.576. The van der Waals surface area contributed by atoms with E-state index < -0.39 is 11.7 Å². The zero-order valence-corrected chi connectivity index (χ0v) is 13.2. The summed E-state index contributed by atoms with van der Waals surface area (Å²) in [6, 6.07) is 0. The summed E-state index contributed by atoms with van der Waals surface area (Å²) < 4.78 is 7.51. The van der Waals surface area contributed by atoms with Crippen LogP contribution in [0.1, 0.15) is 50.0 Å². The Morgan fingerprint density at radius 1 is 1.41 bits per heavy atom. The van der Waals surface area contributed by atoms with Gasteiger partial charge in [0, 0.05) is 7.05 Å². The maximum absolute atomic E-state index is 12.1. The van der Waals surface area contributed by atoms with E-state index in [1.165, 1.54) is 30.6 Å². The number of aryl methyl sites for hydroxylation is 1. The Kier molecular flexibility index (Phi) is 5.24. The maximum atomic E-state index is 12.1. The number of ether oxygens (including phenoxy) is 1. The predicted octanol–water partition coefficient (Wildman–Crippen LogP) is 1.20. The van der Waals surface area contributed by atoms with E-state index in [1.807, 2.05) is 6.92 Å². The van der Waals surface area contributed by atoms with Crippen LogP contribution in [-0.2, 0) is 11.8 Å². The molecule has 2 aromatic rings. The average molecular weight is 307 g/mol. The first kappa shape index (κ1) is 16.1. The summed E-state index contributed by atoms with van der Waals surface area (Å²) in [6.07, 6.45) is 5.76. The van der Waals surface area contributed by atoms with Crippen LogP contribution in [0.4, 0.5) is 0 Å². The summed E-state index contributed by atoms with van der Waals surface area (Å²) in [4.78, 5) is 27.8. The molecule has 0 aromatic carbocycles. The molecule has 0 aliphatic rings. The monoisotopic (exact) mass is 307 g/mol. The van der Waals surface area contributed by atoms with E-state index in [-0.39, 0.29) is 11.3 Å². The van der Waals surface area contributed by atoms with E-state index in [4.69, 9.17) is 4.74 Å². The number of rotatable bonds is 7. The van der Waals surface area contributed by atoms with Crippen LogP contribution in [-0.4, -0.2) is 37.0 Å². The molecule has 0 saturated carbocycles. The molecular weight excluding hydrogens is 286 g/mol. The first-order chi connectivity index (χ1) is 10.5. The third-order valence-electron chi connectivity index (χ3n) is 3.49. The molecule has 1 unspecified atom stereocenters. The first-order valence-corrected chi connectivity index (χ1v) is 7.48. The normalized spacial score (nSPS) is 12.5. The highest BCUT2D eigenvalue weighted by molar-refractivity contribution is 5.93. The zero-order chi connectivity index (χ0) is 16.1. The van der Waals surface area contributed by atoms with Crippen molar-refractivity contribution in [3.05, 3.63) is 22.5 Å². The van der Waals surface area contributed by atoms with E-state index in [9.17, 15) is 9.59 Å². The molecule has 0 N–H and O–H groups in total. The van der Waals surface area contributed by atoms with Gasteiger partial charge < -0.3 is 4.74 Å². The van der Waals surface area contributed by atoms with Crippen LogP contribution in [0.3, 0.4) is 0 Å². The number of carbonyl (C=O) groups is 1. The van der Waals surface area contributed by atoms with Crippen molar-refractivity contribution in [2.24, 2.45) is 13.0 Å². The number of aromatic nitrogens is 5. The highest BCUT2D eigenvalue weighted by Gasteiger charge is 2.19. The second-order valence-corrected chi connectivity index (χ2v) is 5.48. The molecule has 2 heterocycles. The lowest BCUT2D eigenvalue weighted by atomic mass is 10.0. The van der Waals surface area contributed by atoms with E-state index in [0.717, 1.165) is 17.5 Å². The zero-order valence-electron chi connectivity index (χ0n) is 13.2. The number of hydrogen-bond acceptors (Lipinski definition) is 6. The van der Waals surface area contributed by atoms with Crippen molar-refractivity contribution in [1.82, 2.24) is 24.4 Å². The van der Waals surface area contributed by atoms with E-state index in [1.54, 1.807) is 0 Å². The topological polar surface area (TPSA) is 91.4 Å². The number of unbranched alkanes of at least 4 members (excludes halogenated alkanes) is 2. The first-order valence-electron chi connectivity index (χ1n) is 7.48. The van der Waals surface area contributed by atoms with Crippen molar-refractivity contribution in [1.29, 1.82) is 0 Å². The summed E-state index contributed by atoms with van der Waals surface area (Å²) in [7, 11) is 1.48. The number of imidazole rings is 1. The minimum Gasteiger partial charge on any atom is -0.461 e. The molecule has 0 aliphatic carbocycles. The molecule has 22 heavy (non-hydrogen) atoms. The lowest BCUT2D eigenvalue weighted by Crippen LogP contribution is -2.27. The smallest absolute Gasteiger partial charge is 0.360 e. The van der Waals surface area contributed by atoms with Crippen LogP contribution >= 0.6 is 0 Å². The Hall–Kier alpha value is -2.25. The van der Waals surface area contributed by atoms with E-state index in [2.05, 4.69) is 22.2 Å². The Balaban J connectivity index is 2.02. The van der Waals surface area contributed by atoms with Gasteiger partial charge in [-0.3, -0.25) is 0 Å². The van der Waals surface area contributed by atoms with Gasteiger partial charge in [-0.25, -0.2) is 19.0 Å². The molecule has 0 aliphatic heterocycles. The third-order valence-corrected chi connectivity index (χ3v) is 3.49. The largest absolute Gasteiger partial charge is 0.461 e. The van der Waals surface area contributed by atoms with Gasteiger partial charge in [-0.2, -0.15) is 4.68 Å². The highest BCUT2D eigenvalue weighted by atomic mass is 16.5. The Morgan fingerprint density at radius 2 is 2.18 bits per heavy atom. The fraction of sp³-hybridized carbons (Fsp3) is 0.643. The summed E-state index contributed by atoms with van der Waals surface area (Å²) in [5.41, 5.74) is -0.276. The average Bonchev–Trinajstić information content (AvgIpc) is 2.93. The Labute approximate surface area is 128 Å². The molecule has 0 spiro atoms. The van der Waals surface area contributed by atoms with Gasteiger partial charge in [0.05, 0.1) is 6.61 Å². The van der Waals surface area contributed by atoms with Crippen LogP contribution in [0.5, 0.6) is 0 Å². The van der Waals surface area contributed by atoms with Crippen LogP contribution in [0.2, 0.25) is 0 Å². The summed E-state index contributed by atoms with van der Waals surface area (Å²) in [5.74, 6) is -0.282. The molecule has 2 aromatic heterocycles. The highest BCUT2D eigenvalue weighted by Crippen LogP contribution is 2.11. The molecule has 0 fully saturated rings. The van der Waals surface area contributed by atoms with Gasteiger partial charge in [0.15, 0.2) is 11.3 Å². The summed E-state index contributed by atoms with van der Waals surface area (Å²) in [6.45, 7) is 4.53. The summed E-state index contributed by atoms with van der Waals surface area (Å²) in [5, 5.41) is 7.48. The maximum Gasteiger partial charge on any atom is 0.360 e.